The Morgan fingerprint density at radius 3 is 2.45 bits per heavy atom. The molecule has 0 unspecified atom stereocenters. The summed E-state index contributed by atoms with van der Waals surface area (Å²) in [7, 11) is -3.67. The molecule has 0 aliphatic heterocycles. The highest BCUT2D eigenvalue weighted by molar-refractivity contribution is 7.92. The van der Waals surface area contributed by atoms with Gasteiger partial charge in [0.25, 0.3) is 0 Å². The maximum atomic E-state index is 12.6. The van der Waals surface area contributed by atoms with E-state index >= 15 is 0 Å². The van der Waals surface area contributed by atoms with Crippen LogP contribution < -0.4 is 9.62 Å². The van der Waals surface area contributed by atoms with Crippen molar-refractivity contribution in [1.29, 1.82) is 0 Å². The molecule has 152 valence electrons. The van der Waals surface area contributed by atoms with Crippen LogP contribution in [0.1, 0.15) is 12.8 Å². The zero-order chi connectivity index (χ0) is 21.0. The van der Waals surface area contributed by atoms with Crippen molar-refractivity contribution in [2.24, 2.45) is 0 Å². The first-order valence-corrected chi connectivity index (χ1v) is 10.9. The minimum atomic E-state index is -3.67. The number of nitrogens with one attached hydrogen (secondary N) is 1. The van der Waals surface area contributed by atoms with Crippen LogP contribution in [-0.4, -0.2) is 36.8 Å². The zero-order valence-electron chi connectivity index (χ0n) is 15.7. The van der Waals surface area contributed by atoms with Gasteiger partial charge in [-0.2, -0.15) is 4.98 Å². The highest BCUT2D eigenvalue weighted by Gasteiger charge is 2.29. The van der Waals surface area contributed by atoms with Crippen molar-refractivity contribution in [1.82, 2.24) is 15.5 Å². The minimum Gasteiger partial charge on any atom is -0.345 e. The smallest absolute Gasteiger partial charge is 0.246 e. The summed E-state index contributed by atoms with van der Waals surface area (Å²) in [6.45, 7) is 1.48. The molecule has 8 nitrogen and oxygen atoms in total. The maximum absolute atomic E-state index is 12.6. The molecule has 1 aromatic heterocycles. The second kappa shape index (κ2) is 8.62. The third-order valence-corrected chi connectivity index (χ3v) is 5.58. The molecule has 2 aromatic carbocycles. The lowest BCUT2D eigenvalue weighted by molar-refractivity contribution is -0.122. The van der Waals surface area contributed by atoms with E-state index in [2.05, 4.69) is 15.5 Å². The van der Waals surface area contributed by atoms with Gasteiger partial charge in [-0.15, -0.1) is 0 Å². The molecule has 3 rings (SSSR count). The van der Waals surface area contributed by atoms with Crippen LogP contribution in [0.2, 0.25) is 5.02 Å². The fourth-order valence-electron chi connectivity index (χ4n) is 2.74. The van der Waals surface area contributed by atoms with Gasteiger partial charge >= 0.3 is 0 Å². The number of benzene rings is 2. The van der Waals surface area contributed by atoms with E-state index in [0.29, 0.717) is 16.5 Å². The summed E-state index contributed by atoms with van der Waals surface area (Å²) in [6, 6.07) is 14.4. The topological polar surface area (TPSA) is 105 Å². The molecule has 0 aliphatic rings. The Morgan fingerprint density at radius 1 is 1.17 bits per heavy atom. The number of carbonyl (C=O) groups is 1. The standard InChI is InChI=1S/C19H19ClN4O4S/c1-13(24(29(2,26)27)16-6-4-3-5-7-16)19(25)21-12-17-22-18(23-28-17)14-8-10-15(20)11-9-14/h3-11,13H,12H2,1-2H3,(H,21,25)/t13-/m1/s1. The normalized spacial score (nSPS) is 12.4. The van der Waals surface area contributed by atoms with Crippen molar-refractivity contribution in [2.45, 2.75) is 19.5 Å². The number of anilines is 1. The van der Waals surface area contributed by atoms with Crippen LogP contribution in [-0.2, 0) is 21.4 Å². The average molecular weight is 435 g/mol. The van der Waals surface area contributed by atoms with Gasteiger partial charge < -0.3 is 9.84 Å². The van der Waals surface area contributed by atoms with Gasteiger partial charge in [0.05, 0.1) is 18.5 Å². The number of amides is 1. The number of sulfonamides is 1. The summed E-state index contributed by atoms with van der Waals surface area (Å²) in [6.07, 6.45) is 1.06. The lowest BCUT2D eigenvalue weighted by atomic mass is 10.2. The predicted molar refractivity (Wildman–Crippen MR) is 110 cm³/mol. The highest BCUT2D eigenvalue weighted by atomic mass is 35.5. The van der Waals surface area contributed by atoms with E-state index in [1.54, 1.807) is 54.6 Å². The molecule has 0 fully saturated rings. The minimum absolute atomic E-state index is 0.0316. The molecule has 1 atom stereocenters. The van der Waals surface area contributed by atoms with Crippen molar-refractivity contribution in [2.75, 3.05) is 10.6 Å². The molecular formula is C19H19ClN4O4S. The Balaban J connectivity index is 1.69. The molecule has 0 spiro atoms. The van der Waals surface area contributed by atoms with E-state index in [9.17, 15) is 13.2 Å². The van der Waals surface area contributed by atoms with Crippen molar-refractivity contribution < 1.29 is 17.7 Å². The number of rotatable bonds is 7. The SMILES string of the molecule is C[C@H](C(=O)NCc1nc(-c2ccc(Cl)cc2)no1)N(c1ccccc1)S(C)(=O)=O. The van der Waals surface area contributed by atoms with Crippen molar-refractivity contribution >= 4 is 33.2 Å². The van der Waals surface area contributed by atoms with Gasteiger partial charge in [-0.05, 0) is 43.3 Å². The van der Waals surface area contributed by atoms with E-state index in [-0.39, 0.29) is 12.4 Å². The summed E-state index contributed by atoms with van der Waals surface area (Å²) in [4.78, 5) is 16.8. The van der Waals surface area contributed by atoms with E-state index < -0.39 is 22.0 Å². The number of nitrogens with zero attached hydrogens (tertiary/aromatic N) is 3. The number of hydrogen-bond donors (Lipinski definition) is 1. The summed E-state index contributed by atoms with van der Waals surface area (Å²) in [5.41, 5.74) is 1.12. The van der Waals surface area contributed by atoms with Crippen LogP contribution in [0.15, 0.2) is 59.1 Å². The Hall–Kier alpha value is -2.91. The molecule has 0 saturated carbocycles. The monoisotopic (exact) mass is 434 g/mol. The first kappa shape index (κ1) is 20.8. The molecule has 0 bridgehead atoms. The quantitative estimate of drug-likeness (QED) is 0.613. The fraction of sp³-hybridized carbons (Fsp3) is 0.211. The lowest BCUT2D eigenvalue weighted by Crippen LogP contribution is -2.47. The molecule has 0 saturated heterocycles. The largest absolute Gasteiger partial charge is 0.345 e. The molecule has 29 heavy (non-hydrogen) atoms. The summed E-state index contributed by atoms with van der Waals surface area (Å²) in [5, 5.41) is 7.10. The van der Waals surface area contributed by atoms with Crippen molar-refractivity contribution in [3.63, 3.8) is 0 Å². The second-order valence-electron chi connectivity index (χ2n) is 6.31. The first-order valence-electron chi connectivity index (χ1n) is 8.66. The fourth-order valence-corrected chi connectivity index (χ4v) is 4.04. The predicted octanol–water partition coefficient (Wildman–Crippen LogP) is 2.86. The van der Waals surface area contributed by atoms with E-state index in [0.717, 1.165) is 16.1 Å². The molecule has 1 N–H and O–H groups in total. The summed E-state index contributed by atoms with van der Waals surface area (Å²) in [5.74, 6) is 0.0626. The van der Waals surface area contributed by atoms with E-state index in [4.69, 9.17) is 16.1 Å². The number of carbonyl (C=O) groups excluding carboxylic acids is 1. The van der Waals surface area contributed by atoms with Gasteiger partial charge in [0.15, 0.2) is 0 Å². The number of hydrogen-bond acceptors (Lipinski definition) is 6. The van der Waals surface area contributed by atoms with Crippen molar-refractivity contribution in [3.05, 3.63) is 65.5 Å². The van der Waals surface area contributed by atoms with Gasteiger partial charge in [-0.3, -0.25) is 9.10 Å². The molecule has 3 aromatic rings. The molecule has 10 heteroatoms. The molecular weight excluding hydrogens is 416 g/mol. The van der Waals surface area contributed by atoms with Crippen LogP contribution >= 0.6 is 11.6 Å². The number of aromatic nitrogens is 2. The third-order valence-electron chi connectivity index (χ3n) is 4.08. The maximum Gasteiger partial charge on any atom is 0.246 e. The highest BCUT2D eigenvalue weighted by Crippen LogP contribution is 2.21. The van der Waals surface area contributed by atoms with Crippen LogP contribution in [0.5, 0.6) is 0 Å². The third kappa shape index (κ3) is 5.12. The van der Waals surface area contributed by atoms with Gasteiger partial charge in [0.1, 0.15) is 6.04 Å². The zero-order valence-corrected chi connectivity index (χ0v) is 17.3. The van der Waals surface area contributed by atoms with Crippen LogP contribution in [0.3, 0.4) is 0 Å². The molecule has 1 heterocycles. The van der Waals surface area contributed by atoms with Crippen LogP contribution in [0.4, 0.5) is 5.69 Å². The number of halogens is 1. The average Bonchev–Trinajstić information content (AvgIpc) is 3.15. The molecule has 0 aliphatic carbocycles. The second-order valence-corrected chi connectivity index (χ2v) is 8.60. The van der Waals surface area contributed by atoms with Crippen molar-refractivity contribution in [3.8, 4) is 11.4 Å². The molecule has 1 amide bonds. The van der Waals surface area contributed by atoms with Gasteiger partial charge in [0.2, 0.25) is 27.6 Å². The lowest BCUT2D eigenvalue weighted by Gasteiger charge is -2.28. The summed E-state index contributed by atoms with van der Waals surface area (Å²) >= 11 is 5.86. The van der Waals surface area contributed by atoms with E-state index in [1.165, 1.54) is 6.92 Å². The van der Waals surface area contributed by atoms with Gasteiger partial charge in [-0.1, -0.05) is 35.0 Å². The number of para-hydroxylation sites is 1. The Labute approximate surface area is 173 Å². The van der Waals surface area contributed by atoms with Gasteiger partial charge in [-0.25, -0.2) is 8.42 Å². The Morgan fingerprint density at radius 2 is 1.83 bits per heavy atom. The molecule has 0 radical (unpaired) electrons. The summed E-state index contributed by atoms with van der Waals surface area (Å²) < 4.78 is 30.7. The first-order chi connectivity index (χ1) is 13.8. The van der Waals surface area contributed by atoms with Crippen LogP contribution in [0.25, 0.3) is 11.4 Å². The Bertz CT molecular complexity index is 1080. The van der Waals surface area contributed by atoms with Gasteiger partial charge in [0, 0.05) is 10.6 Å². The Kier molecular flexibility index (Phi) is 6.19. The van der Waals surface area contributed by atoms with Crippen LogP contribution in [0, 0.1) is 0 Å². The van der Waals surface area contributed by atoms with E-state index in [1.807, 2.05) is 0 Å².